The van der Waals surface area contributed by atoms with Crippen LogP contribution in [-0.2, 0) is 4.74 Å². The van der Waals surface area contributed by atoms with Gasteiger partial charge in [0, 0.05) is 6.54 Å². The monoisotopic (exact) mass is 200 g/mol. The van der Waals surface area contributed by atoms with E-state index in [0.29, 0.717) is 0 Å². The predicted molar refractivity (Wildman–Crippen MR) is 46.4 cm³/mol. The molecule has 0 aliphatic heterocycles. The second-order valence-corrected chi connectivity index (χ2v) is 2.52. The first-order chi connectivity index (χ1) is 6.69. The fourth-order valence-corrected chi connectivity index (χ4v) is 0.822. The van der Waals surface area contributed by atoms with Crippen molar-refractivity contribution in [2.45, 2.75) is 13.0 Å². The SMILES string of the molecule is CCOC(=O)c1n[nH]c([C@@H](O)CN)n1. The lowest BCUT2D eigenvalue weighted by Gasteiger charge is -2.00. The van der Waals surface area contributed by atoms with Gasteiger partial charge in [-0.15, -0.1) is 5.10 Å². The van der Waals surface area contributed by atoms with E-state index >= 15 is 0 Å². The van der Waals surface area contributed by atoms with Crippen LogP contribution in [0.15, 0.2) is 0 Å². The lowest BCUT2D eigenvalue weighted by Crippen LogP contribution is -2.13. The molecule has 1 aromatic heterocycles. The van der Waals surface area contributed by atoms with E-state index in [1.807, 2.05) is 0 Å². The van der Waals surface area contributed by atoms with Crippen molar-refractivity contribution in [2.24, 2.45) is 5.73 Å². The van der Waals surface area contributed by atoms with Crippen LogP contribution in [0.25, 0.3) is 0 Å². The third-order valence-corrected chi connectivity index (χ3v) is 1.50. The molecule has 7 heteroatoms. The largest absolute Gasteiger partial charge is 0.460 e. The molecular formula is C7H12N4O3. The summed E-state index contributed by atoms with van der Waals surface area (Å²) in [6, 6.07) is 0. The van der Waals surface area contributed by atoms with Gasteiger partial charge >= 0.3 is 5.97 Å². The summed E-state index contributed by atoms with van der Waals surface area (Å²) in [6.07, 6.45) is -0.939. The number of nitrogens with one attached hydrogen (secondary N) is 1. The molecule has 0 fully saturated rings. The number of hydrogen-bond donors (Lipinski definition) is 3. The van der Waals surface area contributed by atoms with Crippen molar-refractivity contribution in [2.75, 3.05) is 13.2 Å². The normalized spacial score (nSPS) is 12.5. The third kappa shape index (κ3) is 2.27. The number of nitrogens with zero attached hydrogens (tertiary/aromatic N) is 2. The van der Waals surface area contributed by atoms with E-state index in [1.54, 1.807) is 6.92 Å². The molecule has 0 aliphatic carbocycles. The van der Waals surface area contributed by atoms with Crippen LogP contribution in [0.1, 0.15) is 29.5 Å². The van der Waals surface area contributed by atoms with Gasteiger partial charge in [-0.25, -0.2) is 9.78 Å². The van der Waals surface area contributed by atoms with Gasteiger partial charge in [-0.05, 0) is 6.92 Å². The highest BCUT2D eigenvalue weighted by molar-refractivity contribution is 5.84. The first-order valence-corrected chi connectivity index (χ1v) is 4.16. The summed E-state index contributed by atoms with van der Waals surface area (Å²) >= 11 is 0. The lowest BCUT2D eigenvalue weighted by atomic mass is 10.3. The lowest BCUT2D eigenvalue weighted by molar-refractivity contribution is 0.0512. The molecule has 0 amide bonds. The molecule has 1 rings (SSSR count). The molecule has 1 heterocycles. The van der Waals surface area contributed by atoms with Crippen LogP contribution in [0, 0.1) is 0 Å². The van der Waals surface area contributed by atoms with Gasteiger partial charge in [0.2, 0.25) is 0 Å². The molecule has 0 aliphatic rings. The Kier molecular flexibility index (Phi) is 3.55. The zero-order valence-electron chi connectivity index (χ0n) is 7.73. The van der Waals surface area contributed by atoms with Gasteiger partial charge < -0.3 is 15.6 Å². The minimum absolute atomic E-state index is 0.0114. The molecule has 0 saturated carbocycles. The minimum Gasteiger partial charge on any atom is -0.460 e. The van der Waals surface area contributed by atoms with Crippen LogP contribution < -0.4 is 5.73 Å². The maximum Gasteiger partial charge on any atom is 0.378 e. The Labute approximate surface area is 80.3 Å². The van der Waals surface area contributed by atoms with Crippen LogP contribution in [-0.4, -0.2) is 39.4 Å². The Balaban J connectivity index is 2.72. The maximum absolute atomic E-state index is 11.1. The van der Waals surface area contributed by atoms with Crippen LogP contribution in [0.4, 0.5) is 0 Å². The fraction of sp³-hybridized carbons (Fsp3) is 0.571. The number of nitrogens with two attached hydrogens (primary N) is 1. The average Bonchev–Trinajstić information content (AvgIpc) is 2.66. The Morgan fingerprint density at radius 2 is 2.50 bits per heavy atom. The van der Waals surface area contributed by atoms with Crippen LogP contribution in [0.2, 0.25) is 0 Å². The molecule has 78 valence electrons. The summed E-state index contributed by atoms with van der Waals surface area (Å²) in [6.45, 7) is 1.94. The standard InChI is InChI=1S/C7H12N4O3/c1-2-14-7(13)6-9-5(10-11-6)4(12)3-8/h4,12H,2-3,8H2,1H3,(H,9,10,11)/t4-/m0/s1. The summed E-state index contributed by atoms with van der Waals surface area (Å²) in [5, 5.41) is 15.2. The zero-order valence-corrected chi connectivity index (χ0v) is 7.73. The Morgan fingerprint density at radius 3 is 3.07 bits per heavy atom. The van der Waals surface area contributed by atoms with Gasteiger partial charge in [0.25, 0.3) is 5.82 Å². The van der Waals surface area contributed by atoms with E-state index in [2.05, 4.69) is 19.9 Å². The number of carbonyl (C=O) groups excluding carboxylic acids is 1. The molecule has 7 nitrogen and oxygen atoms in total. The number of H-pyrrole nitrogens is 1. The van der Waals surface area contributed by atoms with E-state index in [-0.39, 0.29) is 24.8 Å². The quantitative estimate of drug-likeness (QED) is 0.535. The first-order valence-electron chi connectivity index (χ1n) is 4.16. The van der Waals surface area contributed by atoms with Crippen molar-refractivity contribution in [3.63, 3.8) is 0 Å². The molecule has 1 aromatic rings. The molecule has 4 N–H and O–H groups in total. The summed E-state index contributed by atoms with van der Waals surface area (Å²) in [7, 11) is 0. The van der Waals surface area contributed by atoms with Crippen molar-refractivity contribution in [1.82, 2.24) is 15.2 Å². The second kappa shape index (κ2) is 4.68. The molecule has 0 aromatic carbocycles. The van der Waals surface area contributed by atoms with E-state index in [1.165, 1.54) is 0 Å². The molecule has 0 radical (unpaired) electrons. The fourth-order valence-electron chi connectivity index (χ4n) is 0.822. The molecule has 0 bridgehead atoms. The van der Waals surface area contributed by atoms with Gasteiger partial charge in [0.15, 0.2) is 5.82 Å². The van der Waals surface area contributed by atoms with Crippen molar-refractivity contribution in [3.8, 4) is 0 Å². The smallest absolute Gasteiger partial charge is 0.378 e. The molecular weight excluding hydrogens is 188 g/mol. The van der Waals surface area contributed by atoms with Gasteiger partial charge in [-0.2, -0.15) is 0 Å². The number of aliphatic hydroxyl groups excluding tert-OH is 1. The summed E-state index contributed by atoms with van der Waals surface area (Å²) in [5.41, 5.74) is 5.19. The van der Waals surface area contributed by atoms with Crippen LogP contribution in [0.5, 0.6) is 0 Å². The number of aromatic amines is 1. The highest BCUT2D eigenvalue weighted by atomic mass is 16.5. The molecule has 0 unspecified atom stereocenters. The van der Waals surface area contributed by atoms with Crippen molar-refractivity contribution in [1.29, 1.82) is 0 Å². The Hall–Kier alpha value is -1.47. The predicted octanol–water partition coefficient (Wildman–Crippen LogP) is -1.03. The highest BCUT2D eigenvalue weighted by Gasteiger charge is 2.16. The van der Waals surface area contributed by atoms with E-state index in [4.69, 9.17) is 5.73 Å². The number of ether oxygens (including phenoxy) is 1. The number of hydrogen-bond acceptors (Lipinski definition) is 6. The highest BCUT2D eigenvalue weighted by Crippen LogP contribution is 2.05. The molecule has 14 heavy (non-hydrogen) atoms. The number of aromatic nitrogens is 3. The van der Waals surface area contributed by atoms with Crippen LogP contribution >= 0.6 is 0 Å². The van der Waals surface area contributed by atoms with Crippen molar-refractivity contribution in [3.05, 3.63) is 11.6 Å². The Bertz CT molecular complexity index is 312. The summed E-state index contributed by atoms with van der Waals surface area (Å²) < 4.78 is 4.66. The second-order valence-electron chi connectivity index (χ2n) is 2.52. The third-order valence-electron chi connectivity index (χ3n) is 1.50. The Morgan fingerprint density at radius 1 is 1.79 bits per heavy atom. The van der Waals surface area contributed by atoms with Gasteiger partial charge in [-0.1, -0.05) is 0 Å². The molecule has 0 spiro atoms. The number of rotatable bonds is 4. The maximum atomic E-state index is 11.1. The van der Waals surface area contributed by atoms with Crippen LogP contribution in [0.3, 0.4) is 0 Å². The van der Waals surface area contributed by atoms with Gasteiger partial charge in [0.1, 0.15) is 6.10 Å². The summed E-state index contributed by atoms with van der Waals surface area (Å²) in [5.74, 6) is -0.566. The summed E-state index contributed by atoms with van der Waals surface area (Å²) in [4.78, 5) is 14.8. The number of esters is 1. The topological polar surface area (TPSA) is 114 Å². The minimum atomic E-state index is -0.939. The number of aliphatic hydroxyl groups is 1. The van der Waals surface area contributed by atoms with E-state index in [0.717, 1.165) is 0 Å². The molecule has 1 atom stereocenters. The van der Waals surface area contributed by atoms with E-state index < -0.39 is 12.1 Å². The average molecular weight is 200 g/mol. The first kappa shape index (κ1) is 10.6. The van der Waals surface area contributed by atoms with Gasteiger partial charge in [0.05, 0.1) is 6.61 Å². The molecule has 0 saturated heterocycles. The number of carbonyl (C=O) groups is 1. The van der Waals surface area contributed by atoms with Crippen molar-refractivity contribution < 1.29 is 14.6 Å². The zero-order chi connectivity index (χ0) is 10.6. The van der Waals surface area contributed by atoms with E-state index in [9.17, 15) is 9.90 Å². The van der Waals surface area contributed by atoms with Crippen molar-refractivity contribution >= 4 is 5.97 Å². The van der Waals surface area contributed by atoms with Gasteiger partial charge in [-0.3, -0.25) is 5.10 Å².